The predicted molar refractivity (Wildman–Crippen MR) is 85.5 cm³/mol. The van der Waals surface area contributed by atoms with E-state index in [1.165, 1.54) is 0 Å². The summed E-state index contributed by atoms with van der Waals surface area (Å²) in [7, 11) is 2.06. The molecular weight excluding hydrogens is 264 g/mol. The van der Waals surface area contributed by atoms with Gasteiger partial charge in [0.15, 0.2) is 0 Å². The van der Waals surface area contributed by atoms with Crippen LogP contribution in [0.2, 0.25) is 0 Å². The van der Waals surface area contributed by atoms with E-state index in [1.54, 1.807) is 11.1 Å². The monoisotopic (exact) mass is 290 g/mol. The highest BCUT2D eigenvalue weighted by molar-refractivity contribution is 5.93. The normalized spacial score (nSPS) is 20.8. The summed E-state index contributed by atoms with van der Waals surface area (Å²) in [6, 6.07) is 4.22. The second kappa shape index (κ2) is 6.89. The van der Waals surface area contributed by atoms with E-state index in [0.717, 1.165) is 25.1 Å². The van der Waals surface area contributed by atoms with E-state index >= 15 is 0 Å². The van der Waals surface area contributed by atoms with Crippen LogP contribution in [0.3, 0.4) is 0 Å². The number of hydrogen-bond donors (Lipinski definition) is 1. The van der Waals surface area contributed by atoms with Gasteiger partial charge in [0.2, 0.25) is 0 Å². The molecule has 1 aromatic heterocycles. The van der Waals surface area contributed by atoms with Gasteiger partial charge >= 0.3 is 0 Å². The highest BCUT2D eigenvalue weighted by Crippen LogP contribution is 2.27. The van der Waals surface area contributed by atoms with Crippen molar-refractivity contribution in [3.63, 3.8) is 0 Å². The molecule has 2 N–H and O–H groups in total. The fraction of sp³-hybridized carbons (Fsp3) is 0.625. The molecule has 0 atom stereocenters. The molecule has 1 fully saturated rings. The van der Waals surface area contributed by atoms with E-state index < -0.39 is 0 Å². The Hall–Kier alpha value is -1.62. The molecule has 21 heavy (non-hydrogen) atoms. The van der Waals surface area contributed by atoms with Gasteiger partial charge in [-0.15, -0.1) is 0 Å². The van der Waals surface area contributed by atoms with E-state index in [0.29, 0.717) is 30.7 Å². The maximum Gasteiger partial charge on any atom is 0.272 e. The Morgan fingerprint density at radius 1 is 1.38 bits per heavy atom. The van der Waals surface area contributed by atoms with Gasteiger partial charge in [-0.1, -0.05) is 0 Å². The number of amides is 1. The van der Waals surface area contributed by atoms with Gasteiger partial charge in [0.25, 0.3) is 5.91 Å². The van der Waals surface area contributed by atoms with Crippen LogP contribution in [0.15, 0.2) is 18.3 Å². The van der Waals surface area contributed by atoms with Crippen LogP contribution < -0.4 is 10.6 Å². The van der Waals surface area contributed by atoms with Crippen molar-refractivity contribution in [1.82, 2.24) is 9.88 Å². The molecule has 5 nitrogen and oxygen atoms in total. The van der Waals surface area contributed by atoms with Crippen molar-refractivity contribution in [1.29, 1.82) is 0 Å². The van der Waals surface area contributed by atoms with Crippen molar-refractivity contribution in [2.24, 2.45) is 11.7 Å². The lowest BCUT2D eigenvalue weighted by Gasteiger charge is -2.36. The fourth-order valence-electron chi connectivity index (χ4n) is 2.88. The topological polar surface area (TPSA) is 62.5 Å². The molecule has 0 spiro atoms. The average molecular weight is 290 g/mol. The Kier molecular flexibility index (Phi) is 5.17. The molecule has 1 saturated carbocycles. The summed E-state index contributed by atoms with van der Waals surface area (Å²) in [6.07, 6.45) is 3.91. The number of hydrogen-bond acceptors (Lipinski definition) is 4. The Balaban J connectivity index is 2.04. The molecule has 0 bridgehead atoms. The first-order valence-electron chi connectivity index (χ1n) is 7.77. The first-order chi connectivity index (χ1) is 10.0. The molecule has 1 amide bonds. The highest BCUT2D eigenvalue weighted by Gasteiger charge is 2.27. The highest BCUT2D eigenvalue weighted by atomic mass is 16.2. The lowest BCUT2D eigenvalue weighted by molar-refractivity contribution is 0.0767. The number of nitrogens with two attached hydrogens (primary N) is 1. The summed E-state index contributed by atoms with van der Waals surface area (Å²) >= 11 is 0. The maximum atomic E-state index is 12.3. The molecule has 0 radical (unpaired) electrons. The summed E-state index contributed by atoms with van der Waals surface area (Å²) in [5, 5.41) is 0. The summed E-state index contributed by atoms with van der Waals surface area (Å²) in [4.78, 5) is 20.5. The molecule has 2 rings (SSSR count). The second-order valence-corrected chi connectivity index (χ2v) is 5.85. The van der Waals surface area contributed by atoms with Crippen LogP contribution >= 0.6 is 0 Å². The molecule has 116 valence electrons. The summed E-state index contributed by atoms with van der Waals surface area (Å²) in [5.74, 6) is 0.668. The van der Waals surface area contributed by atoms with Crippen molar-refractivity contribution in [3.8, 4) is 0 Å². The van der Waals surface area contributed by atoms with Gasteiger partial charge in [0.1, 0.15) is 5.69 Å². The second-order valence-electron chi connectivity index (χ2n) is 5.85. The minimum Gasteiger partial charge on any atom is -0.374 e. The molecule has 0 unspecified atom stereocenters. The number of anilines is 1. The average Bonchev–Trinajstić information content (AvgIpc) is 2.47. The first-order valence-corrected chi connectivity index (χ1v) is 7.77. The molecule has 1 aliphatic carbocycles. The zero-order valence-corrected chi connectivity index (χ0v) is 13.2. The van der Waals surface area contributed by atoms with Gasteiger partial charge in [0, 0.05) is 44.6 Å². The third kappa shape index (κ3) is 3.73. The first kappa shape index (κ1) is 15.8. The largest absolute Gasteiger partial charge is 0.374 e. The molecule has 0 aromatic carbocycles. The predicted octanol–water partition coefficient (Wildman–Crippen LogP) is 1.74. The van der Waals surface area contributed by atoms with E-state index in [-0.39, 0.29) is 5.91 Å². The lowest BCUT2D eigenvalue weighted by atomic mass is 9.80. The van der Waals surface area contributed by atoms with Crippen LogP contribution in [0.25, 0.3) is 0 Å². The third-order valence-electron chi connectivity index (χ3n) is 4.26. The van der Waals surface area contributed by atoms with Crippen LogP contribution in [0.5, 0.6) is 0 Å². The smallest absolute Gasteiger partial charge is 0.272 e. The Labute approximate surface area is 127 Å². The van der Waals surface area contributed by atoms with E-state index in [2.05, 4.69) is 16.9 Å². The number of nitrogens with zero attached hydrogens (tertiary/aromatic N) is 3. The van der Waals surface area contributed by atoms with Crippen molar-refractivity contribution >= 4 is 11.6 Å². The number of aromatic nitrogens is 1. The van der Waals surface area contributed by atoms with Crippen LogP contribution in [0.1, 0.15) is 37.2 Å². The molecule has 1 aliphatic rings. The standard InChI is InChI=1S/C16H26N4O/c1-4-20(5-2)16(21)15-10-14(6-7-18-15)19(3)11-12-8-13(17)9-12/h6-7,10,12-13H,4-5,8-9,11,17H2,1-3H3. The fourth-order valence-corrected chi connectivity index (χ4v) is 2.88. The Morgan fingerprint density at radius 3 is 2.62 bits per heavy atom. The molecule has 1 heterocycles. The summed E-state index contributed by atoms with van der Waals surface area (Å²) in [6.45, 7) is 6.36. The number of pyridine rings is 1. The van der Waals surface area contributed by atoms with E-state index in [4.69, 9.17) is 5.73 Å². The van der Waals surface area contributed by atoms with Crippen LogP contribution in [-0.2, 0) is 0 Å². The van der Waals surface area contributed by atoms with Gasteiger partial charge in [0.05, 0.1) is 0 Å². The Bertz CT molecular complexity index is 481. The molecule has 0 saturated heterocycles. The Morgan fingerprint density at radius 2 is 2.05 bits per heavy atom. The van der Waals surface area contributed by atoms with Gasteiger partial charge in [-0.25, -0.2) is 0 Å². The quantitative estimate of drug-likeness (QED) is 0.867. The van der Waals surface area contributed by atoms with Crippen LogP contribution in [-0.4, -0.2) is 48.5 Å². The molecule has 1 aromatic rings. The zero-order valence-electron chi connectivity index (χ0n) is 13.2. The van der Waals surface area contributed by atoms with E-state index in [9.17, 15) is 4.79 Å². The van der Waals surface area contributed by atoms with Gasteiger partial charge in [-0.2, -0.15) is 0 Å². The zero-order chi connectivity index (χ0) is 15.4. The number of carbonyl (C=O) groups excluding carboxylic acids is 1. The van der Waals surface area contributed by atoms with Crippen molar-refractivity contribution in [3.05, 3.63) is 24.0 Å². The molecular formula is C16H26N4O. The van der Waals surface area contributed by atoms with Gasteiger partial charge in [-0.05, 0) is 44.7 Å². The summed E-state index contributed by atoms with van der Waals surface area (Å²) < 4.78 is 0. The number of carbonyl (C=O) groups is 1. The van der Waals surface area contributed by atoms with Crippen LogP contribution in [0.4, 0.5) is 5.69 Å². The molecule has 5 heteroatoms. The minimum atomic E-state index is 0.000849. The maximum absolute atomic E-state index is 12.3. The lowest BCUT2D eigenvalue weighted by Crippen LogP contribution is -2.42. The van der Waals surface area contributed by atoms with Crippen molar-refractivity contribution in [2.75, 3.05) is 31.6 Å². The van der Waals surface area contributed by atoms with Crippen LogP contribution in [0, 0.1) is 5.92 Å². The SMILES string of the molecule is CCN(CC)C(=O)c1cc(N(C)CC2CC(N)C2)ccn1. The third-order valence-corrected chi connectivity index (χ3v) is 4.26. The summed E-state index contributed by atoms with van der Waals surface area (Å²) in [5.41, 5.74) is 7.40. The van der Waals surface area contributed by atoms with E-state index in [1.807, 2.05) is 26.0 Å². The van der Waals surface area contributed by atoms with Crippen molar-refractivity contribution in [2.45, 2.75) is 32.7 Å². The minimum absolute atomic E-state index is 0.000849. The van der Waals surface area contributed by atoms with Gasteiger partial charge < -0.3 is 15.5 Å². The van der Waals surface area contributed by atoms with Gasteiger partial charge in [-0.3, -0.25) is 9.78 Å². The molecule has 0 aliphatic heterocycles. The van der Waals surface area contributed by atoms with Crippen molar-refractivity contribution < 1.29 is 4.79 Å². The number of rotatable bonds is 6.